The first kappa shape index (κ1) is 18.4. The quantitative estimate of drug-likeness (QED) is 0.497. The summed E-state index contributed by atoms with van der Waals surface area (Å²) in [6.07, 6.45) is 3.25. The van der Waals surface area contributed by atoms with Crippen molar-refractivity contribution in [2.24, 2.45) is 11.0 Å². The number of nitrogens with zero attached hydrogens (tertiary/aromatic N) is 3. The molecule has 0 fully saturated rings. The molecule has 0 bridgehead atoms. The van der Waals surface area contributed by atoms with Crippen molar-refractivity contribution in [1.29, 1.82) is 0 Å². The molecular weight excluding hydrogens is 344 g/mol. The van der Waals surface area contributed by atoms with Crippen LogP contribution in [-0.4, -0.2) is 33.4 Å². The maximum Gasteiger partial charge on any atom is 0.244 e. The van der Waals surface area contributed by atoms with Crippen LogP contribution in [0, 0.1) is 5.92 Å². The number of hydrogen-bond donors (Lipinski definition) is 2. The van der Waals surface area contributed by atoms with Crippen molar-refractivity contribution >= 4 is 23.2 Å². The molecule has 0 aliphatic rings. The van der Waals surface area contributed by atoms with Gasteiger partial charge in [-0.05, 0) is 42.8 Å². The first-order valence-electron chi connectivity index (χ1n) is 8.77. The summed E-state index contributed by atoms with van der Waals surface area (Å²) in [5.74, 6) is -0.0150. The van der Waals surface area contributed by atoms with Gasteiger partial charge in [0.15, 0.2) is 11.5 Å². The van der Waals surface area contributed by atoms with Crippen LogP contribution in [0.3, 0.4) is 0 Å². The number of phenolic OH excluding ortho intramolecular Hbond substituents is 1. The third-order valence-electron chi connectivity index (χ3n) is 4.12. The van der Waals surface area contributed by atoms with Crippen LogP contribution in [0.25, 0.3) is 11.0 Å². The maximum atomic E-state index is 12.3. The van der Waals surface area contributed by atoms with Crippen molar-refractivity contribution < 1.29 is 14.6 Å². The highest BCUT2D eigenvalue weighted by atomic mass is 16.5. The molecule has 0 aliphatic carbocycles. The molecule has 0 saturated heterocycles. The van der Waals surface area contributed by atoms with E-state index in [1.165, 1.54) is 12.3 Å². The van der Waals surface area contributed by atoms with Gasteiger partial charge in [-0.15, -0.1) is 0 Å². The monoisotopic (exact) mass is 366 g/mol. The molecule has 27 heavy (non-hydrogen) atoms. The lowest BCUT2D eigenvalue weighted by molar-refractivity contribution is -0.124. The van der Waals surface area contributed by atoms with E-state index >= 15 is 0 Å². The number of rotatable bonds is 7. The Balaban J connectivity index is 1.60. The van der Waals surface area contributed by atoms with Crippen molar-refractivity contribution in [3.05, 3.63) is 54.4 Å². The van der Waals surface area contributed by atoms with E-state index in [2.05, 4.69) is 15.5 Å². The predicted molar refractivity (Wildman–Crippen MR) is 104 cm³/mol. The number of imidazole rings is 1. The molecule has 3 rings (SSSR count). The smallest absolute Gasteiger partial charge is 0.244 e. The van der Waals surface area contributed by atoms with E-state index in [0.29, 0.717) is 24.5 Å². The van der Waals surface area contributed by atoms with Crippen LogP contribution in [0.4, 0.5) is 0 Å². The molecule has 0 unspecified atom stereocenters. The summed E-state index contributed by atoms with van der Waals surface area (Å²) >= 11 is 0. The Kier molecular flexibility index (Phi) is 5.71. The number of aromatic hydroxyl groups is 1. The van der Waals surface area contributed by atoms with Gasteiger partial charge in [-0.2, -0.15) is 5.10 Å². The molecule has 3 aromatic rings. The molecule has 0 radical (unpaired) electrons. The minimum Gasteiger partial charge on any atom is -0.504 e. The van der Waals surface area contributed by atoms with Gasteiger partial charge < -0.3 is 14.4 Å². The molecule has 0 saturated carbocycles. The van der Waals surface area contributed by atoms with Crippen LogP contribution < -0.4 is 10.2 Å². The summed E-state index contributed by atoms with van der Waals surface area (Å²) in [5, 5.41) is 13.7. The average molecular weight is 366 g/mol. The number of hydrazone groups is 1. The van der Waals surface area contributed by atoms with Gasteiger partial charge in [0, 0.05) is 6.54 Å². The zero-order valence-corrected chi connectivity index (χ0v) is 15.3. The van der Waals surface area contributed by atoms with E-state index in [4.69, 9.17) is 4.74 Å². The number of amides is 1. The zero-order chi connectivity index (χ0) is 19.2. The molecule has 0 aliphatic heterocycles. The van der Waals surface area contributed by atoms with E-state index in [-0.39, 0.29) is 17.6 Å². The highest BCUT2D eigenvalue weighted by molar-refractivity contribution is 5.84. The third-order valence-corrected chi connectivity index (χ3v) is 4.12. The molecule has 0 spiro atoms. The molecular formula is C20H22N4O3. The third kappa shape index (κ3) is 4.44. The molecule has 2 N–H and O–H groups in total. The minimum absolute atomic E-state index is 0.0687. The van der Waals surface area contributed by atoms with E-state index in [0.717, 1.165) is 11.0 Å². The van der Waals surface area contributed by atoms with Crippen LogP contribution in [-0.2, 0) is 11.3 Å². The van der Waals surface area contributed by atoms with Crippen molar-refractivity contribution in [1.82, 2.24) is 15.0 Å². The van der Waals surface area contributed by atoms with Crippen molar-refractivity contribution in [3.63, 3.8) is 0 Å². The van der Waals surface area contributed by atoms with Gasteiger partial charge in [0.05, 0.1) is 36.1 Å². The van der Waals surface area contributed by atoms with Gasteiger partial charge >= 0.3 is 0 Å². The first-order valence-corrected chi connectivity index (χ1v) is 8.77. The number of ether oxygens (including phenoxy) is 1. The highest BCUT2D eigenvalue weighted by Gasteiger charge is 2.14. The Bertz CT molecular complexity index is 965. The Hall–Kier alpha value is -3.35. The summed E-state index contributed by atoms with van der Waals surface area (Å²) in [6.45, 7) is 4.64. The van der Waals surface area contributed by atoms with Crippen LogP contribution >= 0.6 is 0 Å². The second-order valence-corrected chi connectivity index (χ2v) is 6.18. The second kappa shape index (κ2) is 8.35. The highest BCUT2D eigenvalue weighted by Crippen LogP contribution is 2.26. The summed E-state index contributed by atoms with van der Waals surface area (Å²) < 4.78 is 7.29. The Morgan fingerprint density at radius 1 is 1.37 bits per heavy atom. The number of carbonyl (C=O) groups excluding carboxylic acids is 1. The zero-order valence-electron chi connectivity index (χ0n) is 15.3. The Morgan fingerprint density at radius 3 is 3.00 bits per heavy atom. The molecule has 7 nitrogen and oxygen atoms in total. The van der Waals surface area contributed by atoms with Gasteiger partial charge in [-0.3, -0.25) is 4.79 Å². The number of benzene rings is 2. The van der Waals surface area contributed by atoms with Crippen LogP contribution in [0.5, 0.6) is 11.5 Å². The molecule has 140 valence electrons. The van der Waals surface area contributed by atoms with Gasteiger partial charge in [0.25, 0.3) is 0 Å². The van der Waals surface area contributed by atoms with E-state index in [9.17, 15) is 9.90 Å². The summed E-state index contributed by atoms with van der Waals surface area (Å²) in [7, 11) is 0. The number of phenols is 1. The molecule has 2 aromatic carbocycles. The number of aromatic nitrogens is 2. The molecule has 1 amide bonds. The first-order chi connectivity index (χ1) is 13.1. The topological polar surface area (TPSA) is 88.7 Å². The Morgan fingerprint density at radius 2 is 2.19 bits per heavy atom. The van der Waals surface area contributed by atoms with Crippen molar-refractivity contribution in [3.8, 4) is 11.5 Å². The second-order valence-electron chi connectivity index (χ2n) is 6.18. The summed E-state index contributed by atoms with van der Waals surface area (Å²) in [6, 6.07) is 12.7. The summed E-state index contributed by atoms with van der Waals surface area (Å²) in [5.41, 5.74) is 5.16. The predicted octanol–water partition coefficient (Wildman–Crippen LogP) is 2.93. The van der Waals surface area contributed by atoms with Gasteiger partial charge in [-0.1, -0.05) is 19.1 Å². The number of hydrogen-bond acceptors (Lipinski definition) is 5. The number of fused-ring (bicyclic) bond motifs is 1. The van der Waals surface area contributed by atoms with E-state index in [1.54, 1.807) is 18.5 Å². The lowest BCUT2D eigenvalue weighted by Crippen LogP contribution is -2.27. The fourth-order valence-electron chi connectivity index (χ4n) is 2.70. The molecule has 7 heteroatoms. The van der Waals surface area contributed by atoms with Crippen molar-refractivity contribution in [2.45, 2.75) is 20.4 Å². The molecule has 1 atom stereocenters. The standard InChI is InChI=1S/C20H22N4O3/c1-3-27-19-10-15(8-9-18(19)25)11-22-23-20(26)14(2)12-24-13-21-16-6-4-5-7-17(16)24/h4-11,13-14,25H,3,12H2,1-2H3,(H,23,26)/b22-11-/t14-/m1/s1. The number of para-hydroxylation sites is 2. The largest absolute Gasteiger partial charge is 0.504 e. The molecule has 1 heterocycles. The maximum absolute atomic E-state index is 12.3. The number of carbonyl (C=O) groups is 1. The minimum atomic E-state index is -0.279. The van der Waals surface area contributed by atoms with Crippen LogP contribution in [0.2, 0.25) is 0 Å². The fraction of sp³-hybridized carbons (Fsp3) is 0.250. The van der Waals surface area contributed by atoms with Gasteiger partial charge in [-0.25, -0.2) is 10.4 Å². The Labute approximate surface area is 157 Å². The lowest BCUT2D eigenvalue weighted by atomic mass is 10.1. The normalized spacial score (nSPS) is 12.4. The average Bonchev–Trinajstić information content (AvgIpc) is 3.07. The lowest BCUT2D eigenvalue weighted by Gasteiger charge is -2.11. The summed E-state index contributed by atoms with van der Waals surface area (Å²) in [4.78, 5) is 16.6. The van der Waals surface area contributed by atoms with E-state index in [1.807, 2.05) is 42.7 Å². The SMILES string of the molecule is CCOc1cc(/C=N\NC(=O)[C@H](C)Cn2cnc3ccccc32)ccc1O. The fourth-order valence-corrected chi connectivity index (χ4v) is 2.70. The van der Waals surface area contributed by atoms with Crippen LogP contribution in [0.15, 0.2) is 53.9 Å². The molecule has 1 aromatic heterocycles. The van der Waals surface area contributed by atoms with E-state index < -0.39 is 0 Å². The van der Waals surface area contributed by atoms with Gasteiger partial charge in [0.2, 0.25) is 5.91 Å². The van der Waals surface area contributed by atoms with Gasteiger partial charge in [0.1, 0.15) is 0 Å². The van der Waals surface area contributed by atoms with Crippen LogP contribution in [0.1, 0.15) is 19.4 Å². The number of nitrogens with one attached hydrogen (secondary N) is 1. The van der Waals surface area contributed by atoms with Crippen molar-refractivity contribution in [2.75, 3.05) is 6.61 Å².